The van der Waals surface area contributed by atoms with Crippen molar-refractivity contribution in [3.8, 4) is 0 Å². The minimum atomic E-state index is -0.792. The zero-order valence-electron chi connectivity index (χ0n) is 8.56. The summed E-state index contributed by atoms with van der Waals surface area (Å²) in [6.07, 6.45) is 0. The molecule has 3 N–H and O–H groups in total. The molecule has 0 aliphatic rings. The van der Waals surface area contributed by atoms with Gasteiger partial charge in [0.15, 0.2) is 5.78 Å². The number of carbonyl (C=O) groups is 1. The Morgan fingerprint density at radius 1 is 1.46 bits per heavy atom. The number of carbonyl (C=O) groups excluding carboxylic acids is 1. The van der Waals surface area contributed by atoms with Gasteiger partial charge in [0, 0.05) is 17.0 Å². The Morgan fingerprint density at radius 2 is 2.00 bits per heavy atom. The summed E-state index contributed by atoms with van der Waals surface area (Å²) < 4.78 is 0. The lowest BCUT2D eigenvalue weighted by atomic mass is 9.94. The van der Waals surface area contributed by atoms with E-state index in [0.717, 1.165) is 11.4 Å². The number of ketones is 1. The van der Waals surface area contributed by atoms with Gasteiger partial charge in [-0.1, -0.05) is 0 Å². The Morgan fingerprint density at radius 3 is 2.31 bits per heavy atom. The van der Waals surface area contributed by atoms with Crippen molar-refractivity contribution in [2.45, 2.75) is 33.2 Å². The average molecular weight is 180 g/mol. The van der Waals surface area contributed by atoms with Gasteiger partial charge in [0.05, 0.1) is 5.54 Å². The van der Waals surface area contributed by atoms with Crippen LogP contribution in [0.2, 0.25) is 0 Å². The third-order valence-electron chi connectivity index (χ3n) is 1.98. The summed E-state index contributed by atoms with van der Waals surface area (Å²) in [7, 11) is 0. The van der Waals surface area contributed by atoms with Crippen LogP contribution in [0.25, 0.3) is 0 Å². The van der Waals surface area contributed by atoms with Crippen molar-refractivity contribution >= 4 is 5.78 Å². The first-order chi connectivity index (χ1) is 5.82. The Kier molecular flexibility index (Phi) is 2.30. The molecule has 0 bridgehead atoms. The maximum Gasteiger partial charge on any atom is 0.183 e. The number of hydrogen-bond acceptors (Lipinski definition) is 2. The van der Waals surface area contributed by atoms with Crippen LogP contribution in [0, 0.1) is 13.8 Å². The molecule has 0 spiro atoms. The lowest BCUT2D eigenvalue weighted by molar-refractivity contribution is 0.0913. The van der Waals surface area contributed by atoms with Gasteiger partial charge < -0.3 is 10.7 Å². The second kappa shape index (κ2) is 3.00. The fourth-order valence-electron chi connectivity index (χ4n) is 1.31. The Hall–Kier alpha value is -1.09. The van der Waals surface area contributed by atoms with Crippen molar-refractivity contribution < 1.29 is 4.79 Å². The summed E-state index contributed by atoms with van der Waals surface area (Å²) in [4.78, 5) is 14.8. The second-order valence-electron chi connectivity index (χ2n) is 4.04. The largest absolute Gasteiger partial charge is 0.362 e. The molecular weight excluding hydrogens is 164 g/mol. The molecule has 0 amide bonds. The third kappa shape index (κ3) is 1.98. The summed E-state index contributed by atoms with van der Waals surface area (Å²) in [6.45, 7) is 7.24. The number of aromatic nitrogens is 1. The minimum Gasteiger partial charge on any atom is -0.362 e. The van der Waals surface area contributed by atoms with E-state index in [1.165, 1.54) is 0 Å². The molecule has 3 nitrogen and oxygen atoms in total. The number of aryl methyl sites for hydroxylation is 2. The first kappa shape index (κ1) is 9.99. The van der Waals surface area contributed by atoms with Gasteiger partial charge >= 0.3 is 0 Å². The molecule has 0 saturated heterocycles. The van der Waals surface area contributed by atoms with Crippen LogP contribution in [-0.4, -0.2) is 16.3 Å². The highest BCUT2D eigenvalue weighted by atomic mass is 16.1. The van der Waals surface area contributed by atoms with Gasteiger partial charge in [0.25, 0.3) is 0 Å². The zero-order chi connectivity index (χ0) is 10.2. The summed E-state index contributed by atoms with van der Waals surface area (Å²) in [5.41, 5.74) is 7.51. The van der Waals surface area contributed by atoms with Crippen LogP contribution in [0.3, 0.4) is 0 Å². The van der Waals surface area contributed by atoms with E-state index in [2.05, 4.69) is 4.98 Å². The standard InChI is InChI=1S/C10H16N2O/c1-6-5-8(7(2)12-6)9(13)10(3,4)11/h5,12H,11H2,1-4H3. The Labute approximate surface area is 78.3 Å². The fourth-order valence-corrected chi connectivity index (χ4v) is 1.31. The van der Waals surface area contributed by atoms with Crippen LogP contribution in [0.15, 0.2) is 6.07 Å². The molecule has 0 aliphatic carbocycles. The number of hydrogen-bond donors (Lipinski definition) is 2. The highest BCUT2D eigenvalue weighted by Gasteiger charge is 2.25. The van der Waals surface area contributed by atoms with Gasteiger partial charge in [-0.2, -0.15) is 0 Å². The van der Waals surface area contributed by atoms with Crippen molar-refractivity contribution in [2.75, 3.05) is 0 Å². The number of Topliss-reactive ketones (excluding diaryl/α,β-unsaturated/α-hetero) is 1. The number of nitrogens with two attached hydrogens (primary N) is 1. The molecule has 0 saturated carbocycles. The van der Waals surface area contributed by atoms with E-state index in [-0.39, 0.29) is 5.78 Å². The molecule has 0 atom stereocenters. The van der Waals surface area contributed by atoms with E-state index in [0.29, 0.717) is 5.56 Å². The van der Waals surface area contributed by atoms with Crippen molar-refractivity contribution in [3.63, 3.8) is 0 Å². The fraction of sp³-hybridized carbons (Fsp3) is 0.500. The van der Waals surface area contributed by atoms with Crippen LogP contribution in [0.5, 0.6) is 0 Å². The number of H-pyrrole nitrogens is 1. The molecule has 0 radical (unpaired) electrons. The molecule has 1 heterocycles. The lowest BCUT2D eigenvalue weighted by Crippen LogP contribution is -2.41. The Bertz CT molecular complexity index is 331. The highest BCUT2D eigenvalue weighted by Crippen LogP contribution is 2.15. The quantitative estimate of drug-likeness (QED) is 0.678. The van der Waals surface area contributed by atoms with Gasteiger partial charge in [-0.25, -0.2) is 0 Å². The zero-order valence-corrected chi connectivity index (χ0v) is 8.56. The van der Waals surface area contributed by atoms with Crippen LogP contribution in [0.1, 0.15) is 35.6 Å². The predicted molar refractivity (Wildman–Crippen MR) is 52.9 cm³/mol. The van der Waals surface area contributed by atoms with E-state index in [9.17, 15) is 4.79 Å². The van der Waals surface area contributed by atoms with Crippen molar-refractivity contribution in [1.29, 1.82) is 0 Å². The molecule has 1 aromatic rings. The molecule has 0 fully saturated rings. The smallest absolute Gasteiger partial charge is 0.183 e. The highest BCUT2D eigenvalue weighted by molar-refractivity contribution is 6.03. The molecule has 72 valence electrons. The van der Waals surface area contributed by atoms with Crippen molar-refractivity contribution in [1.82, 2.24) is 4.98 Å². The predicted octanol–water partition coefficient (Wildman–Crippen LogP) is 1.55. The van der Waals surface area contributed by atoms with E-state index >= 15 is 0 Å². The number of rotatable bonds is 2. The molecule has 0 unspecified atom stereocenters. The van der Waals surface area contributed by atoms with Gasteiger partial charge in [0.2, 0.25) is 0 Å². The third-order valence-corrected chi connectivity index (χ3v) is 1.98. The first-order valence-electron chi connectivity index (χ1n) is 4.32. The molecule has 1 rings (SSSR count). The molecular formula is C10H16N2O. The van der Waals surface area contributed by atoms with E-state index < -0.39 is 5.54 Å². The summed E-state index contributed by atoms with van der Waals surface area (Å²) >= 11 is 0. The Balaban J connectivity index is 3.09. The van der Waals surface area contributed by atoms with Crippen LogP contribution >= 0.6 is 0 Å². The topological polar surface area (TPSA) is 58.9 Å². The van der Waals surface area contributed by atoms with Gasteiger partial charge in [0.1, 0.15) is 0 Å². The van der Waals surface area contributed by atoms with Gasteiger partial charge in [-0.3, -0.25) is 4.79 Å². The number of nitrogens with one attached hydrogen (secondary N) is 1. The molecule has 0 aliphatic heterocycles. The molecule has 0 aromatic carbocycles. The minimum absolute atomic E-state index is 0.0191. The maximum absolute atomic E-state index is 11.8. The molecule has 13 heavy (non-hydrogen) atoms. The SMILES string of the molecule is Cc1cc(C(=O)C(C)(C)N)c(C)[nH]1. The molecule has 1 aromatic heterocycles. The molecule has 3 heteroatoms. The average Bonchev–Trinajstić information content (AvgIpc) is 2.26. The van der Waals surface area contributed by atoms with Gasteiger partial charge in [-0.15, -0.1) is 0 Å². The summed E-state index contributed by atoms with van der Waals surface area (Å²) in [6, 6.07) is 1.84. The van der Waals surface area contributed by atoms with Crippen LogP contribution < -0.4 is 5.73 Å². The van der Waals surface area contributed by atoms with E-state index in [4.69, 9.17) is 5.73 Å². The monoisotopic (exact) mass is 180 g/mol. The van der Waals surface area contributed by atoms with Crippen LogP contribution in [-0.2, 0) is 0 Å². The van der Waals surface area contributed by atoms with E-state index in [1.807, 2.05) is 19.9 Å². The van der Waals surface area contributed by atoms with Crippen molar-refractivity contribution in [3.05, 3.63) is 23.0 Å². The lowest BCUT2D eigenvalue weighted by Gasteiger charge is -2.16. The summed E-state index contributed by atoms with van der Waals surface area (Å²) in [5, 5.41) is 0. The summed E-state index contributed by atoms with van der Waals surface area (Å²) in [5.74, 6) is -0.0191. The first-order valence-corrected chi connectivity index (χ1v) is 4.32. The van der Waals surface area contributed by atoms with Crippen molar-refractivity contribution in [2.24, 2.45) is 5.73 Å². The van der Waals surface area contributed by atoms with E-state index in [1.54, 1.807) is 13.8 Å². The van der Waals surface area contributed by atoms with Gasteiger partial charge in [-0.05, 0) is 33.8 Å². The second-order valence-corrected chi connectivity index (χ2v) is 4.04. The van der Waals surface area contributed by atoms with Crippen LogP contribution in [0.4, 0.5) is 0 Å². The maximum atomic E-state index is 11.8. The normalized spacial score (nSPS) is 11.8. The number of aromatic amines is 1.